The summed E-state index contributed by atoms with van der Waals surface area (Å²) in [5.74, 6) is 0. The lowest BCUT2D eigenvalue weighted by molar-refractivity contribution is 1.18. The van der Waals surface area contributed by atoms with Gasteiger partial charge in [0.25, 0.3) is 0 Å². The van der Waals surface area contributed by atoms with E-state index in [9.17, 15) is 0 Å². The minimum absolute atomic E-state index is 1.17. The quantitative estimate of drug-likeness (QED) is 0.203. The zero-order chi connectivity index (χ0) is 29.0. The summed E-state index contributed by atoms with van der Waals surface area (Å²) in [6, 6.07) is 61.4. The average Bonchev–Trinajstić information content (AvgIpc) is 3.61. The molecule has 0 fully saturated rings. The van der Waals surface area contributed by atoms with E-state index in [2.05, 4.69) is 179 Å². The summed E-state index contributed by atoms with van der Waals surface area (Å²) in [7, 11) is 0. The van der Waals surface area contributed by atoms with Gasteiger partial charge in [-0.1, -0.05) is 115 Å². The number of fused-ring (bicyclic) bond motifs is 6. The summed E-state index contributed by atoms with van der Waals surface area (Å²) < 4.78 is 4.79. The molecule has 0 radical (unpaired) electrons. The van der Waals surface area contributed by atoms with Crippen LogP contribution in [0.25, 0.3) is 77.2 Å². The zero-order valence-corrected chi connectivity index (χ0v) is 24.1. The molecule has 0 unspecified atom stereocenters. The Bertz CT molecular complexity index is 2470. The second kappa shape index (κ2) is 9.86. The molecule has 2 heterocycles. The van der Waals surface area contributed by atoms with Gasteiger partial charge in [-0.3, -0.25) is 0 Å². The first-order valence-electron chi connectivity index (χ1n) is 15.1. The number of para-hydroxylation sites is 3. The monoisotopic (exact) mass is 560 g/mol. The molecule has 0 bridgehead atoms. The Balaban J connectivity index is 1.28. The van der Waals surface area contributed by atoms with Gasteiger partial charge in [0.2, 0.25) is 0 Å². The van der Waals surface area contributed by atoms with Crippen LogP contribution in [0.2, 0.25) is 0 Å². The molecular formula is C42H28N2. The fourth-order valence-corrected chi connectivity index (χ4v) is 6.87. The van der Waals surface area contributed by atoms with Crippen molar-refractivity contribution >= 4 is 43.6 Å². The Morgan fingerprint density at radius 1 is 0.250 bits per heavy atom. The Labute approximate surface area is 255 Å². The molecule has 0 amide bonds. The number of hydrogen-bond acceptors (Lipinski definition) is 0. The van der Waals surface area contributed by atoms with Gasteiger partial charge in [0.1, 0.15) is 0 Å². The van der Waals surface area contributed by atoms with Crippen LogP contribution in [0.5, 0.6) is 0 Å². The highest BCUT2D eigenvalue weighted by Gasteiger charge is 2.16. The summed E-state index contributed by atoms with van der Waals surface area (Å²) in [6.07, 6.45) is 0. The van der Waals surface area contributed by atoms with Crippen molar-refractivity contribution < 1.29 is 0 Å². The van der Waals surface area contributed by atoms with Crippen molar-refractivity contribution in [2.45, 2.75) is 0 Å². The van der Waals surface area contributed by atoms with E-state index in [4.69, 9.17) is 0 Å². The summed E-state index contributed by atoms with van der Waals surface area (Å²) in [5, 5.41) is 5.05. The van der Waals surface area contributed by atoms with Crippen LogP contribution in [0.4, 0.5) is 0 Å². The van der Waals surface area contributed by atoms with E-state index in [1.165, 1.54) is 77.2 Å². The highest BCUT2D eigenvalue weighted by atomic mass is 15.0. The van der Waals surface area contributed by atoms with Crippen molar-refractivity contribution in [3.8, 4) is 33.6 Å². The van der Waals surface area contributed by atoms with E-state index < -0.39 is 0 Å². The summed E-state index contributed by atoms with van der Waals surface area (Å²) >= 11 is 0. The molecule has 0 aliphatic carbocycles. The molecule has 2 aromatic heterocycles. The van der Waals surface area contributed by atoms with E-state index in [1.54, 1.807) is 0 Å². The third-order valence-corrected chi connectivity index (χ3v) is 8.91. The summed E-state index contributed by atoms with van der Waals surface area (Å²) in [4.78, 5) is 0. The van der Waals surface area contributed by atoms with Gasteiger partial charge in [0, 0.05) is 32.9 Å². The van der Waals surface area contributed by atoms with Crippen molar-refractivity contribution in [3.63, 3.8) is 0 Å². The first kappa shape index (κ1) is 24.7. The molecule has 0 saturated heterocycles. The smallest absolute Gasteiger partial charge is 0.0547 e. The van der Waals surface area contributed by atoms with E-state index in [1.807, 2.05) is 0 Å². The minimum Gasteiger partial charge on any atom is -0.309 e. The van der Waals surface area contributed by atoms with Gasteiger partial charge in [-0.25, -0.2) is 0 Å². The molecule has 206 valence electrons. The van der Waals surface area contributed by atoms with Crippen molar-refractivity contribution in [2.75, 3.05) is 0 Å². The molecule has 2 nitrogen and oxygen atoms in total. The summed E-state index contributed by atoms with van der Waals surface area (Å²) in [6.45, 7) is 0. The normalized spacial score (nSPS) is 11.6. The molecular weight excluding hydrogens is 532 g/mol. The van der Waals surface area contributed by atoms with Gasteiger partial charge in [0.05, 0.1) is 22.1 Å². The second-order valence-corrected chi connectivity index (χ2v) is 11.4. The SMILES string of the molecule is c1ccc(-c2ccc3c4cc(-c5ccc6c7ccccc7n(-c7ccccc7)c6c5)ccc4n(-c4ccccc4)c3c2)cc1. The lowest BCUT2D eigenvalue weighted by atomic mass is 10.00. The summed E-state index contributed by atoms with van der Waals surface area (Å²) in [5.41, 5.74) is 12.1. The molecule has 0 N–H and O–H groups in total. The van der Waals surface area contributed by atoms with Gasteiger partial charge >= 0.3 is 0 Å². The Morgan fingerprint density at radius 2 is 0.682 bits per heavy atom. The first-order valence-corrected chi connectivity index (χ1v) is 15.1. The third kappa shape index (κ3) is 3.82. The van der Waals surface area contributed by atoms with Crippen molar-refractivity contribution in [1.82, 2.24) is 9.13 Å². The van der Waals surface area contributed by atoms with Gasteiger partial charge < -0.3 is 9.13 Å². The largest absolute Gasteiger partial charge is 0.309 e. The van der Waals surface area contributed by atoms with Crippen molar-refractivity contribution in [1.29, 1.82) is 0 Å². The Hall–Kier alpha value is -5.86. The number of nitrogens with zero attached hydrogens (tertiary/aromatic N) is 2. The molecule has 0 atom stereocenters. The van der Waals surface area contributed by atoms with Crippen LogP contribution >= 0.6 is 0 Å². The molecule has 0 saturated carbocycles. The fraction of sp³-hybridized carbons (Fsp3) is 0. The number of hydrogen-bond donors (Lipinski definition) is 0. The maximum atomic E-state index is 2.40. The second-order valence-electron chi connectivity index (χ2n) is 11.4. The van der Waals surface area contributed by atoms with Crippen LogP contribution < -0.4 is 0 Å². The van der Waals surface area contributed by atoms with Crippen molar-refractivity contribution in [3.05, 3.63) is 170 Å². The molecule has 2 heteroatoms. The van der Waals surface area contributed by atoms with Gasteiger partial charge in [-0.2, -0.15) is 0 Å². The molecule has 9 rings (SSSR count). The minimum atomic E-state index is 1.17. The predicted octanol–water partition coefficient (Wildman–Crippen LogP) is 11.2. The fourth-order valence-electron chi connectivity index (χ4n) is 6.87. The van der Waals surface area contributed by atoms with E-state index in [0.717, 1.165) is 0 Å². The highest BCUT2D eigenvalue weighted by molar-refractivity contribution is 6.13. The number of rotatable bonds is 4. The number of aromatic nitrogens is 2. The van der Waals surface area contributed by atoms with Crippen LogP contribution in [-0.2, 0) is 0 Å². The van der Waals surface area contributed by atoms with Crippen molar-refractivity contribution in [2.24, 2.45) is 0 Å². The zero-order valence-electron chi connectivity index (χ0n) is 24.1. The van der Waals surface area contributed by atoms with Gasteiger partial charge in [-0.15, -0.1) is 0 Å². The average molecular weight is 561 g/mol. The third-order valence-electron chi connectivity index (χ3n) is 8.91. The maximum Gasteiger partial charge on any atom is 0.0547 e. The van der Waals surface area contributed by atoms with Gasteiger partial charge in [0.15, 0.2) is 0 Å². The molecule has 0 spiro atoms. The molecule has 0 aliphatic rings. The molecule has 44 heavy (non-hydrogen) atoms. The molecule has 7 aromatic carbocycles. The standard InChI is InChI=1S/C42H28N2/c1-4-12-29(13-5-1)31-20-24-37-38-26-30(22-25-40(38)44(42(37)27-31)34-16-8-3-9-17-34)32-21-23-36-35-18-10-11-19-39(35)43(41(36)28-32)33-14-6-2-7-15-33/h1-28H. The molecule has 9 aromatic rings. The van der Waals surface area contributed by atoms with E-state index in [0.29, 0.717) is 0 Å². The topological polar surface area (TPSA) is 9.86 Å². The van der Waals surface area contributed by atoms with Crippen LogP contribution in [0.3, 0.4) is 0 Å². The highest BCUT2D eigenvalue weighted by Crippen LogP contribution is 2.39. The number of benzene rings is 7. The predicted molar refractivity (Wildman–Crippen MR) is 186 cm³/mol. The molecule has 0 aliphatic heterocycles. The lowest BCUT2D eigenvalue weighted by Gasteiger charge is -2.10. The van der Waals surface area contributed by atoms with Crippen LogP contribution in [0.15, 0.2) is 170 Å². The van der Waals surface area contributed by atoms with Gasteiger partial charge in [-0.05, 0) is 76.9 Å². The lowest BCUT2D eigenvalue weighted by Crippen LogP contribution is -1.94. The first-order chi connectivity index (χ1) is 21.8. The van der Waals surface area contributed by atoms with E-state index >= 15 is 0 Å². The van der Waals surface area contributed by atoms with E-state index in [-0.39, 0.29) is 0 Å². The van der Waals surface area contributed by atoms with Crippen LogP contribution in [0, 0.1) is 0 Å². The van der Waals surface area contributed by atoms with Crippen LogP contribution in [0.1, 0.15) is 0 Å². The Kier molecular flexibility index (Phi) is 5.54. The van der Waals surface area contributed by atoms with Crippen LogP contribution in [-0.4, -0.2) is 9.13 Å². The maximum absolute atomic E-state index is 2.40. The Morgan fingerprint density at radius 3 is 1.32 bits per heavy atom.